The maximum absolute atomic E-state index is 12.9. The maximum Gasteiger partial charge on any atom is 0.226 e. The average Bonchev–Trinajstić information content (AvgIpc) is 3.20. The van der Waals surface area contributed by atoms with Crippen LogP contribution in [0.4, 0.5) is 0 Å². The van der Waals surface area contributed by atoms with Crippen LogP contribution in [0.25, 0.3) is 0 Å². The molecule has 6 heteroatoms. The van der Waals surface area contributed by atoms with Crippen LogP contribution in [0.15, 0.2) is 12.5 Å². The third-order valence-electron chi connectivity index (χ3n) is 6.68. The van der Waals surface area contributed by atoms with Crippen LogP contribution in [0, 0.1) is 29.6 Å². The van der Waals surface area contributed by atoms with E-state index in [2.05, 4.69) is 9.55 Å². The average molecular weight is 354 g/mol. The Hall–Kier alpha value is -0.740. The fraction of sp³-hybridized carbons (Fsp3) is 0.765. The van der Waals surface area contributed by atoms with Gasteiger partial charge in [0, 0.05) is 25.2 Å². The highest BCUT2D eigenvalue weighted by atomic mass is 35.5. The molecule has 4 unspecified atom stereocenters. The first-order valence-electron chi connectivity index (χ1n) is 8.73. The molecule has 1 aliphatic heterocycles. The Bertz CT molecular complexity index is 636. The van der Waals surface area contributed by atoms with Crippen LogP contribution >= 0.6 is 23.2 Å². The number of nitrogens with zero attached hydrogens (tertiary/aromatic N) is 3. The Morgan fingerprint density at radius 3 is 2.52 bits per heavy atom. The number of fused-ring (bicyclic) bond motifs is 3. The van der Waals surface area contributed by atoms with Gasteiger partial charge in [-0.1, -0.05) is 0 Å². The topological polar surface area (TPSA) is 38.1 Å². The van der Waals surface area contributed by atoms with Gasteiger partial charge in [-0.3, -0.25) is 4.79 Å². The number of carbonyl (C=O) groups excluding carboxylic acids is 1. The molecule has 23 heavy (non-hydrogen) atoms. The Morgan fingerprint density at radius 1 is 1.13 bits per heavy atom. The summed E-state index contributed by atoms with van der Waals surface area (Å²) in [5.74, 6) is 2.69. The number of carbonyl (C=O) groups is 1. The van der Waals surface area contributed by atoms with E-state index < -0.39 is 4.33 Å². The molecule has 1 aromatic heterocycles. The summed E-state index contributed by atoms with van der Waals surface area (Å²) in [6.45, 7) is 2.40. The van der Waals surface area contributed by atoms with Gasteiger partial charge in [0.15, 0.2) is 0 Å². The van der Waals surface area contributed by atoms with E-state index in [1.165, 1.54) is 0 Å². The van der Waals surface area contributed by atoms with E-state index in [1.807, 2.05) is 17.4 Å². The van der Waals surface area contributed by atoms with E-state index in [0.29, 0.717) is 36.1 Å². The van der Waals surface area contributed by atoms with Crippen LogP contribution in [0.1, 0.15) is 31.4 Å². The second-order valence-corrected chi connectivity index (χ2v) is 9.18. The number of hydrogen-bond acceptors (Lipinski definition) is 2. The van der Waals surface area contributed by atoms with E-state index in [9.17, 15) is 4.79 Å². The van der Waals surface area contributed by atoms with Gasteiger partial charge in [0.05, 0.1) is 18.6 Å². The zero-order valence-corrected chi connectivity index (χ0v) is 14.5. The third-order valence-corrected chi connectivity index (χ3v) is 7.80. The van der Waals surface area contributed by atoms with Gasteiger partial charge in [0.1, 0.15) is 4.33 Å². The van der Waals surface area contributed by atoms with Gasteiger partial charge in [-0.05, 0) is 49.4 Å². The largest absolute Gasteiger partial charge is 0.335 e. The first-order chi connectivity index (χ1) is 11.1. The summed E-state index contributed by atoms with van der Waals surface area (Å²) in [7, 11) is 0. The molecule has 1 aromatic rings. The predicted molar refractivity (Wildman–Crippen MR) is 88.0 cm³/mol. The standard InChI is InChI=1S/C17H21Cl2N3O/c18-17(19)13-3-1-11-12(2-4-14(13)17)15(11)16(23)21-5-6-22-9-20-7-10(22)8-21/h7,9,11-15H,1-6,8H2. The molecule has 4 aliphatic rings. The fourth-order valence-corrected chi connectivity index (χ4v) is 6.09. The lowest BCUT2D eigenvalue weighted by Crippen LogP contribution is -2.39. The second-order valence-electron chi connectivity index (χ2n) is 7.73. The minimum atomic E-state index is -0.471. The van der Waals surface area contributed by atoms with Crippen LogP contribution in [-0.2, 0) is 17.9 Å². The van der Waals surface area contributed by atoms with Crippen molar-refractivity contribution in [2.24, 2.45) is 29.6 Å². The van der Waals surface area contributed by atoms with Gasteiger partial charge in [0.25, 0.3) is 0 Å². The molecular formula is C17H21Cl2N3O. The number of hydrogen-bond donors (Lipinski definition) is 0. The number of imidazole rings is 1. The van der Waals surface area contributed by atoms with Gasteiger partial charge in [0.2, 0.25) is 5.91 Å². The number of halogens is 2. The molecule has 1 amide bonds. The molecule has 0 saturated heterocycles. The summed E-state index contributed by atoms with van der Waals surface area (Å²) < 4.78 is 1.68. The van der Waals surface area contributed by atoms with Crippen LogP contribution in [-0.4, -0.2) is 31.2 Å². The second kappa shape index (κ2) is 4.89. The maximum atomic E-state index is 12.9. The number of rotatable bonds is 1. The van der Waals surface area contributed by atoms with Gasteiger partial charge < -0.3 is 9.47 Å². The predicted octanol–water partition coefficient (Wildman–Crippen LogP) is 3.08. The van der Waals surface area contributed by atoms with Crippen molar-refractivity contribution >= 4 is 29.1 Å². The van der Waals surface area contributed by atoms with Crippen molar-refractivity contribution < 1.29 is 4.79 Å². The summed E-state index contributed by atoms with van der Waals surface area (Å²) >= 11 is 12.7. The molecular weight excluding hydrogens is 333 g/mol. The molecule has 3 fully saturated rings. The lowest BCUT2D eigenvalue weighted by atomic mass is 10.0. The smallest absolute Gasteiger partial charge is 0.226 e. The summed E-state index contributed by atoms with van der Waals surface area (Å²) in [4.78, 5) is 19.2. The molecule has 0 spiro atoms. The molecule has 0 radical (unpaired) electrons. The molecule has 0 bridgehead atoms. The third kappa shape index (κ3) is 2.17. The van der Waals surface area contributed by atoms with Gasteiger partial charge in [-0.25, -0.2) is 4.98 Å². The zero-order valence-electron chi connectivity index (χ0n) is 13.0. The Labute approximate surface area is 146 Å². The van der Waals surface area contributed by atoms with Crippen LogP contribution in [0.2, 0.25) is 0 Å². The summed E-state index contributed by atoms with van der Waals surface area (Å²) in [5, 5.41) is 0. The lowest BCUT2D eigenvalue weighted by molar-refractivity contribution is -0.134. The molecule has 3 aliphatic carbocycles. The van der Waals surface area contributed by atoms with Crippen molar-refractivity contribution in [3.63, 3.8) is 0 Å². The number of alkyl halides is 2. The summed E-state index contributed by atoms with van der Waals surface area (Å²) in [6, 6.07) is 0. The van der Waals surface area contributed by atoms with E-state index in [-0.39, 0.29) is 5.92 Å². The van der Waals surface area contributed by atoms with Crippen molar-refractivity contribution in [1.29, 1.82) is 0 Å². The van der Waals surface area contributed by atoms with E-state index in [4.69, 9.17) is 23.2 Å². The first kappa shape index (κ1) is 14.6. The minimum absolute atomic E-state index is 0.252. The molecule has 5 rings (SSSR count). The molecule has 0 aromatic carbocycles. The summed E-state index contributed by atoms with van der Waals surface area (Å²) in [6.07, 6.45) is 8.16. The molecule has 4 atom stereocenters. The Morgan fingerprint density at radius 2 is 1.83 bits per heavy atom. The van der Waals surface area contributed by atoms with Gasteiger partial charge in [-0.15, -0.1) is 23.2 Å². The minimum Gasteiger partial charge on any atom is -0.335 e. The van der Waals surface area contributed by atoms with Crippen LogP contribution in [0.3, 0.4) is 0 Å². The lowest BCUT2D eigenvalue weighted by Gasteiger charge is -2.28. The highest BCUT2D eigenvalue weighted by Gasteiger charge is 2.65. The number of amides is 1. The monoisotopic (exact) mass is 353 g/mol. The number of aromatic nitrogens is 2. The molecule has 124 valence electrons. The zero-order chi connectivity index (χ0) is 15.8. The van der Waals surface area contributed by atoms with E-state index in [0.717, 1.165) is 44.5 Å². The van der Waals surface area contributed by atoms with Crippen molar-refractivity contribution in [3.05, 3.63) is 18.2 Å². The van der Waals surface area contributed by atoms with Crippen molar-refractivity contribution in [2.45, 2.75) is 43.1 Å². The van der Waals surface area contributed by atoms with E-state index >= 15 is 0 Å². The van der Waals surface area contributed by atoms with Crippen molar-refractivity contribution in [3.8, 4) is 0 Å². The van der Waals surface area contributed by atoms with Crippen LogP contribution < -0.4 is 0 Å². The van der Waals surface area contributed by atoms with Gasteiger partial charge >= 0.3 is 0 Å². The normalized spacial score (nSPS) is 40.3. The summed E-state index contributed by atoms with van der Waals surface area (Å²) in [5.41, 5.74) is 1.15. The van der Waals surface area contributed by atoms with Crippen molar-refractivity contribution in [1.82, 2.24) is 14.5 Å². The molecule has 4 nitrogen and oxygen atoms in total. The molecule has 2 heterocycles. The molecule has 0 N–H and O–H groups in total. The van der Waals surface area contributed by atoms with Gasteiger partial charge in [-0.2, -0.15) is 0 Å². The Balaban J connectivity index is 1.25. The molecule has 3 saturated carbocycles. The Kier molecular flexibility index (Phi) is 3.10. The SMILES string of the molecule is O=C(C1C2CCC3C(CCC21)C3(Cl)Cl)N1CCn2cncc2C1. The fourth-order valence-electron chi connectivity index (χ4n) is 5.17. The van der Waals surface area contributed by atoms with E-state index in [1.54, 1.807) is 0 Å². The highest BCUT2D eigenvalue weighted by Crippen LogP contribution is 2.67. The first-order valence-corrected chi connectivity index (χ1v) is 9.48. The van der Waals surface area contributed by atoms with Crippen molar-refractivity contribution in [2.75, 3.05) is 6.54 Å². The van der Waals surface area contributed by atoms with Crippen LogP contribution in [0.5, 0.6) is 0 Å². The highest BCUT2D eigenvalue weighted by molar-refractivity contribution is 6.51. The quantitative estimate of drug-likeness (QED) is 0.727.